The van der Waals surface area contributed by atoms with Crippen LogP contribution in [0.1, 0.15) is 13.3 Å². The van der Waals surface area contributed by atoms with Crippen molar-refractivity contribution in [3.63, 3.8) is 0 Å². The van der Waals surface area contributed by atoms with Crippen LogP contribution in [0.15, 0.2) is 42.5 Å². The molecule has 1 heterocycles. The highest BCUT2D eigenvalue weighted by Gasteiger charge is 2.15. The molecule has 1 aliphatic heterocycles. The van der Waals surface area contributed by atoms with Gasteiger partial charge in [0.05, 0.1) is 12.3 Å². The molecular weight excluding hydrogens is 336 g/mol. The molecule has 1 aliphatic rings. The number of nitrogens with one attached hydrogen (secondary N) is 2. The molecule has 0 radical (unpaired) electrons. The molecule has 0 saturated heterocycles. The van der Waals surface area contributed by atoms with E-state index in [0.717, 1.165) is 0 Å². The van der Waals surface area contributed by atoms with Crippen molar-refractivity contribution in [2.75, 3.05) is 30.5 Å². The predicted molar refractivity (Wildman–Crippen MR) is 96.9 cm³/mol. The first kappa shape index (κ1) is 17.6. The third-order valence-corrected chi connectivity index (χ3v) is 3.61. The van der Waals surface area contributed by atoms with E-state index in [2.05, 4.69) is 10.6 Å². The van der Waals surface area contributed by atoms with Gasteiger partial charge in [-0.3, -0.25) is 9.59 Å². The molecular formula is C19H20N2O5. The molecule has 0 atom stereocenters. The van der Waals surface area contributed by atoms with Gasteiger partial charge in [0.2, 0.25) is 11.8 Å². The molecule has 0 aromatic heterocycles. The molecule has 2 aromatic rings. The van der Waals surface area contributed by atoms with Crippen molar-refractivity contribution < 1.29 is 23.8 Å². The number of amides is 2. The highest BCUT2D eigenvalue weighted by molar-refractivity contribution is 6.08. The second-order valence-electron chi connectivity index (χ2n) is 5.56. The Morgan fingerprint density at radius 3 is 2.54 bits per heavy atom. The Balaban J connectivity index is 1.57. The lowest BCUT2D eigenvalue weighted by Crippen LogP contribution is -2.22. The van der Waals surface area contributed by atoms with Crippen LogP contribution >= 0.6 is 0 Å². The Morgan fingerprint density at radius 1 is 1.00 bits per heavy atom. The predicted octanol–water partition coefficient (Wildman–Crippen LogP) is 2.82. The number of para-hydroxylation sites is 2. The fourth-order valence-electron chi connectivity index (χ4n) is 2.52. The standard InChI is InChI=1S/C19H20N2O5/c1-2-24-15-6-4-3-5-14(15)21-19(23)12-18(22)20-13-7-8-16-17(11-13)26-10-9-25-16/h3-8,11H,2,9-10,12H2,1H3,(H,20,22)(H,21,23). The molecule has 7 heteroatoms. The summed E-state index contributed by atoms with van der Waals surface area (Å²) in [5.41, 5.74) is 1.08. The van der Waals surface area contributed by atoms with Crippen molar-refractivity contribution >= 4 is 23.2 Å². The fraction of sp³-hybridized carbons (Fsp3) is 0.263. The van der Waals surface area contributed by atoms with Gasteiger partial charge in [0.1, 0.15) is 25.4 Å². The van der Waals surface area contributed by atoms with Crippen LogP contribution in [0.3, 0.4) is 0 Å². The third kappa shape index (κ3) is 4.44. The molecule has 0 spiro atoms. The van der Waals surface area contributed by atoms with E-state index in [-0.39, 0.29) is 6.42 Å². The van der Waals surface area contributed by atoms with Crippen LogP contribution in [0.5, 0.6) is 17.2 Å². The second kappa shape index (κ2) is 8.24. The summed E-state index contributed by atoms with van der Waals surface area (Å²) in [6.45, 7) is 3.31. The average molecular weight is 356 g/mol. The van der Waals surface area contributed by atoms with E-state index in [4.69, 9.17) is 14.2 Å². The van der Waals surface area contributed by atoms with Gasteiger partial charge in [-0.2, -0.15) is 0 Å². The summed E-state index contributed by atoms with van der Waals surface area (Å²) >= 11 is 0. The van der Waals surface area contributed by atoms with E-state index in [1.54, 1.807) is 36.4 Å². The largest absolute Gasteiger partial charge is 0.492 e. The van der Waals surface area contributed by atoms with Gasteiger partial charge in [-0.15, -0.1) is 0 Å². The SMILES string of the molecule is CCOc1ccccc1NC(=O)CC(=O)Nc1ccc2c(c1)OCCO2. The van der Waals surface area contributed by atoms with Crippen LogP contribution < -0.4 is 24.8 Å². The molecule has 26 heavy (non-hydrogen) atoms. The molecule has 3 rings (SSSR count). The molecule has 0 fully saturated rings. The molecule has 0 saturated carbocycles. The van der Waals surface area contributed by atoms with Gasteiger partial charge in [-0.25, -0.2) is 0 Å². The van der Waals surface area contributed by atoms with Gasteiger partial charge < -0.3 is 24.8 Å². The summed E-state index contributed by atoms with van der Waals surface area (Å²) < 4.78 is 16.4. The Hall–Kier alpha value is -3.22. The van der Waals surface area contributed by atoms with Gasteiger partial charge in [0, 0.05) is 11.8 Å². The minimum atomic E-state index is -0.424. The van der Waals surface area contributed by atoms with Crippen LogP contribution in [0.2, 0.25) is 0 Å². The van der Waals surface area contributed by atoms with E-state index >= 15 is 0 Å². The van der Waals surface area contributed by atoms with Crippen molar-refractivity contribution in [2.45, 2.75) is 13.3 Å². The zero-order chi connectivity index (χ0) is 18.4. The quantitative estimate of drug-likeness (QED) is 0.778. The molecule has 2 N–H and O–H groups in total. The normalized spacial score (nSPS) is 12.2. The molecule has 0 aliphatic carbocycles. The first-order valence-electron chi connectivity index (χ1n) is 8.37. The monoisotopic (exact) mass is 356 g/mol. The first-order valence-corrected chi connectivity index (χ1v) is 8.37. The molecule has 136 valence electrons. The summed E-state index contributed by atoms with van der Waals surface area (Å²) in [6, 6.07) is 12.2. The van der Waals surface area contributed by atoms with E-state index < -0.39 is 11.8 Å². The minimum absolute atomic E-state index is 0.311. The lowest BCUT2D eigenvalue weighted by atomic mass is 10.2. The smallest absolute Gasteiger partial charge is 0.233 e. The summed E-state index contributed by atoms with van der Waals surface area (Å²) in [6.07, 6.45) is -0.311. The maximum absolute atomic E-state index is 12.1. The average Bonchev–Trinajstić information content (AvgIpc) is 2.63. The van der Waals surface area contributed by atoms with Gasteiger partial charge in [0.15, 0.2) is 11.5 Å². The fourth-order valence-corrected chi connectivity index (χ4v) is 2.52. The van der Waals surface area contributed by atoms with E-state index in [9.17, 15) is 9.59 Å². The number of hydrogen-bond acceptors (Lipinski definition) is 5. The topological polar surface area (TPSA) is 85.9 Å². The highest BCUT2D eigenvalue weighted by atomic mass is 16.6. The number of carbonyl (C=O) groups excluding carboxylic acids is 2. The van der Waals surface area contributed by atoms with Gasteiger partial charge in [0.25, 0.3) is 0 Å². The minimum Gasteiger partial charge on any atom is -0.492 e. The van der Waals surface area contributed by atoms with Gasteiger partial charge in [-0.05, 0) is 31.2 Å². The lowest BCUT2D eigenvalue weighted by Gasteiger charge is -2.19. The number of rotatable bonds is 6. The van der Waals surface area contributed by atoms with E-state index in [1.165, 1.54) is 0 Å². The van der Waals surface area contributed by atoms with Crippen molar-refractivity contribution in [3.05, 3.63) is 42.5 Å². The number of carbonyl (C=O) groups is 2. The molecule has 7 nitrogen and oxygen atoms in total. The summed E-state index contributed by atoms with van der Waals surface area (Å²) in [7, 11) is 0. The molecule has 2 amide bonds. The molecule has 2 aromatic carbocycles. The highest BCUT2D eigenvalue weighted by Crippen LogP contribution is 2.32. The van der Waals surface area contributed by atoms with E-state index in [0.29, 0.717) is 48.4 Å². The van der Waals surface area contributed by atoms with Crippen molar-refractivity contribution in [1.29, 1.82) is 0 Å². The maximum Gasteiger partial charge on any atom is 0.233 e. The van der Waals surface area contributed by atoms with Crippen LogP contribution in [0.25, 0.3) is 0 Å². The van der Waals surface area contributed by atoms with Crippen molar-refractivity contribution in [2.24, 2.45) is 0 Å². The first-order chi connectivity index (χ1) is 12.7. The summed E-state index contributed by atoms with van der Waals surface area (Å²) in [5.74, 6) is 0.930. The zero-order valence-electron chi connectivity index (χ0n) is 14.4. The number of ether oxygens (including phenoxy) is 3. The summed E-state index contributed by atoms with van der Waals surface area (Å²) in [5, 5.41) is 5.37. The van der Waals surface area contributed by atoms with Crippen LogP contribution in [-0.2, 0) is 9.59 Å². The molecule has 0 bridgehead atoms. The molecule has 0 unspecified atom stereocenters. The number of benzene rings is 2. The Morgan fingerprint density at radius 2 is 1.73 bits per heavy atom. The van der Waals surface area contributed by atoms with E-state index in [1.807, 2.05) is 13.0 Å². The lowest BCUT2D eigenvalue weighted by molar-refractivity contribution is -0.123. The van der Waals surface area contributed by atoms with Crippen LogP contribution in [-0.4, -0.2) is 31.6 Å². The van der Waals surface area contributed by atoms with Gasteiger partial charge >= 0.3 is 0 Å². The zero-order valence-corrected chi connectivity index (χ0v) is 14.4. The van der Waals surface area contributed by atoms with Crippen LogP contribution in [0, 0.1) is 0 Å². The van der Waals surface area contributed by atoms with Crippen molar-refractivity contribution in [1.82, 2.24) is 0 Å². The Labute approximate surface area is 151 Å². The van der Waals surface area contributed by atoms with Crippen molar-refractivity contribution in [3.8, 4) is 17.2 Å². The number of hydrogen-bond donors (Lipinski definition) is 2. The second-order valence-corrected chi connectivity index (χ2v) is 5.56. The van der Waals surface area contributed by atoms with Crippen LogP contribution in [0.4, 0.5) is 11.4 Å². The Kier molecular flexibility index (Phi) is 5.58. The number of anilines is 2. The number of fused-ring (bicyclic) bond motifs is 1. The van der Waals surface area contributed by atoms with Gasteiger partial charge in [-0.1, -0.05) is 12.1 Å². The maximum atomic E-state index is 12.1. The summed E-state index contributed by atoms with van der Waals surface area (Å²) in [4.78, 5) is 24.2. The Bertz CT molecular complexity index is 806. The third-order valence-electron chi connectivity index (χ3n) is 3.61.